The van der Waals surface area contributed by atoms with E-state index in [1.165, 1.54) is 6.07 Å². The molecule has 1 aromatic carbocycles. The van der Waals surface area contributed by atoms with Crippen LogP contribution < -0.4 is 5.32 Å². The van der Waals surface area contributed by atoms with E-state index in [1.54, 1.807) is 12.1 Å². The molecule has 1 aromatic rings. The van der Waals surface area contributed by atoms with Crippen molar-refractivity contribution in [2.45, 2.75) is 37.6 Å². The van der Waals surface area contributed by atoms with Gasteiger partial charge in [-0.15, -0.1) is 0 Å². The maximum Gasteiger partial charge on any atom is 0.305 e. The third-order valence-corrected chi connectivity index (χ3v) is 4.10. The van der Waals surface area contributed by atoms with Gasteiger partial charge in [-0.3, -0.25) is 14.9 Å². The molecule has 0 aliphatic heterocycles. The van der Waals surface area contributed by atoms with Gasteiger partial charge in [-0.2, -0.15) is 0 Å². The Balaban J connectivity index is 2.33. The average Bonchev–Trinajstić information content (AvgIpc) is 2.75. The second-order valence-corrected chi connectivity index (χ2v) is 6.02. The molecule has 0 spiro atoms. The molecular weight excluding hydrogens is 328 g/mol. The van der Waals surface area contributed by atoms with Crippen LogP contribution in [0.25, 0.3) is 0 Å². The molecule has 0 aromatic heterocycles. The summed E-state index contributed by atoms with van der Waals surface area (Å²) in [7, 11) is 0. The summed E-state index contributed by atoms with van der Waals surface area (Å²) in [5.41, 5.74) is -0.255. The predicted octanol–water partition coefficient (Wildman–Crippen LogP) is 3.56. The van der Waals surface area contributed by atoms with Gasteiger partial charge in [0.25, 0.3) is 5.69 Å². The zero-order valence-electron chi connectivity index (χ0n) is 10.8. The number of rotatable bonds is 5. The number of nitrogens with one attached hydrogen (secondary N) is 1. The number of benzene rings is 1. The Morgan fingerprint density at radius 2 is 2.10 bits per heavy atom. The van der Waals surface area contributed by atoms with Crippen molar-refractivity contribution in [3.8, 4) is 0 Å². The Hall–Kier alpha value is -1.63. The summed E-state index contributed by atoms with van der Waals surface area (Å²) in [6, 6.07) is 4.64. The van der Waals surface area contributed by atoms with Crippen LogP contribution in [-0.4, -0.2) is 21.5 Å². The Kier molecular flexibility index (Phi) is 4.27. The van der Waals surface area contributed by atoms with Gasteiger partial charge in [0.05, 0.1) is 11.3 Å². The second-order valence-electron chi connectivity index (χ2n) is 5.10. The summed E-state index contributed by atoms with van der Waals surface area (Å²) in [4.78, 5) is 21.7. The largest absolute Gasteiger partial charge is 0.481 e. The predicted molar refractivity (Wildman–Crippen MR) is 77.9 cm³/mol. The molecule has 0 amide bonds. The number of hydrogen-bond donors (Lipinski definition) is 2. The molecule has 108 valence electrons. The van der Waals surface area contributed by atoms with E-state index in [0.29, 0.717) is 23.0 Å². The van der Waals surface area contributed by atoms with Crippen molar-refractivity contribution in [2.24, 2.45) is 0 Å². The first kappa shape index (κ1) is 14.8. The standard InChI is InChI=1S/C13H15BrN2O4/c14-9-3-4-11(16(19)20)10(7-9)15-13(8-12(17)18)5-1-2-6-13/h3-4,7,15H,1-2,5-6,8H2,(H,17,18). The summed E-state index contributed by atoms with van der Waals surface area (Å²) >= 11 is 3.28. The summed E-state index contributed by atoms with van der Waals surface area (Å²) in [6.07, 6.45) is 3.26. The fraction of sp³-hybridized carbons (Fsp3) is 0.462. The summed E-state index contributed by atoms with van der Waals surface area (Å²) in [6.45, 7) is 0. The van der Waals surface area contributed by atoms with Gasteiger partial charge in [0.15, 0.2) is 0 Å². The monoisotopic (exact) mass is 342 g/mol. The van der Waals surface area contributed by atoms with Crippen LogP contribution in [0.1, 0.15) is 32.1 Å². The third-order valence-electron chi connectivity index (χ3n) is 3.61. The molecule has 0 unspecified atom stereocenters. The minimum absolute atomic E-state index is 0.0311. The summed E-state index contributed by atoms with van der Waals surface area (Å²) in [5.74, 6) is -0.892. The van der Waals surface area contributed by atoms with Gasteiger partial charge in [-0.25, -0.2) is 0 Å². The molecule has 2 rings (SSSR count). The quantitative estimate of drug-likeness (QED) is 0.630. The molecule has 0 atom stereocenters. The van der Waals surface area contributed by atoms with Crippen molar-refractivity contribution >= 4 is 33.3 Å². The first-order chi connectivity index (χ1) is 9.42. The van der Waals surface area contributed by atoms with E-state index in [0.717, 1.165) is 12.8 Å². The van der Waals surface area contributed by atoms with Crippen LogP contribution in [0.2, 0.25) is 0 Å². The zero-order valence-corrected chi connectivity index (χ0v) is 12.4. The number of nitrogens with zero attached hydrogens (tertiary/aromatic N) is 1. The van der Waals surface area contributed by atoms with E-state index in [4.69, 9.17) is 5.11 Å². The van der Waals surface area contributed by atoms with Crippen LogP contribution in [-0.2, 0) is 4.79 Å². The van der Waals surface area contributed by atoms with E-state index in [1.807, 2.05) is 0 Å². The van der Waals surface area contributed by atoms with Crippen LogP contribution in [0.3, 0.4) is 0 Å². The zero-order chi connectivity index (χ0) is 14.8. The first-order valence-corrected chi connectivity index (χ1v) is 7.15. The molecule has 0 bridgehead atoms. The normalized spacial score (nSPS) is 16.9. The summed E-state index contributed by atoms with van der Waals surface area (Å²) < 4.78 is 0.717. The number of nitro groups is 1. The van der Waals surface area contributed by atoms with Gasteiger partial charge >= 0.3 is 5.97 Å². The van der Waals surface area contributed by atoms with Crippen LogP contribution in [0.5, 0.6) is 0 Å². The molecule has 0 radical (unpaired) electrons. The minimum atomic E-state index is -0.892. The van der Waals surface area contributed by atoms with Gasteiger partial charge in [0.2, 0.25) is 0 Å². The van der Waals surface area contributed by atoms with Crippen LogP contribution in [0.4, 0.5) is 11.4 Å². The van der Waals surface area contributed by atoms with Gasteiger partial charge in [0.1, 0.15) is 5.69 Å². The van der Waals surface area contributed by atoms with Crippen LogP contribution >= 0.6 is 15.9 Å². The van der Waals surface area contributed by atoms with Crippen LogP contribution in [0.15, 0.2) is 22.7 Å². The summed E-state index contributed by atoms with van der Waals surface area (Å²) in [5, 5.41) is 23.3. The molecule has 1 fully saturated rings. The van der Waals surface area contributed by atoms with Crippen molar-refractivity contribution in [1.29, 1.82) is 0 Å². The highest BCUT2D eigenvalue weighted by atomic mass is 79.9. The van der Waals surface area contributed by atoms with E-state index in [2.05, 4.69) is 21.2 Å². The highest BCUT2D eigenvalue weighted by Crippen LogP contribution is 2.39. The topological polar surface area (TPSA) is 92.5 Å². The van der Waals surface area contributed by atoms with E-state index < -0.39 is 16.4 Å². The average molecular weight is 343 g/mol. The maximum atomic E-state index is 11.1. The molecular formula is C13H15BrN2O4. The van der Waals surface area contributed by atoms with E-state index in [9.17, 15) is 14.9 Å². The van der Waals surface area contributed by atoms with Crippen molar-refractivity contribution in [3.05, 3.63) is 32.8 Å². The van der Waals surface area contributed by atoms with Gasteiger partial charge in [-0.05, 0) is 25.0 Å². The Morgan fingerprint density at radius 3 is 2.65 bits per heavy atom. The van der Waals surface area contributed by atoms with Crippen molar-refractivity contribution in [2.75, 3.05) is 5.32 Å². The lowest BCUT2D eigenvalue weighted by atomic mass is 9.92. The third kappa shape index (κ3) is 3.27. The highest BCUT2D eigenvalue weighted by molar-refractivity contribution is 9.10. The molecule has 7 heteroatoms. The molecule has 1 aliphatic rings. The second kappa shape index (κ2) is 5.78. The molecule has 20 heavy (non-hydrogen) atoms. The van der Waals surface area contributed by atoms with Gasteiger partial charge < -0.3 is 10.4 Å². The lowest BCUT2D eigenvalue weighted by Gasteiger charge is -2.29. The Bertz CT molecular complexity index is 541. The number of hydrogen-bond acceptors (Lipinski definition) is 4. The number of nitro benzene ring substituents is 1. The molecule has 0 heterocycles. The first-order valence-electron chi connectivity index (χ1n) is 6.36. The van der Waals surface area contributed by atoms with E-state index in [-0.39, 0.29) is 12.1 Å². The molecule has 6 nitrogen and oxygen atoms in total. The number of halogens is 1. The number of carboxylic acid groups (broad SMARTS) is 1. The van der Waals surface area contributed by atoms with Crippen molar-refractivity contribution in [1.82, 2.24) is 0 Å². The lowest BCUT2D eigenvalue weighted by molar-refractivity contribution is -0.384. The highest BCUT2D eigenvalue weighted by Gasteiger charge is 2.37. The fourth-order valence-electron chi connectivity index (χ4n) is 2.74. The van der Waals surface area contributed by atoms with Crippen LogP contribution in [0, 0.1) is 10.1 Å². The van der Waals surface area contributed by atoms with Crippen molar-refractivity contribution < 1.29 is 14.8 Å². The van der Waals surface area contributed by atoms with E-state index >= 15 is 0 Å². The number of carboxylic acids is 1. The number of carbonyl (C=O) groups is 1. The SMILES string of the molecule is O=C(O)CC1(Nc2cc(Br)ccc2[N+](=O)[O-])CCCC1. The number of aliphatic carboxylic acids is 1. The number of anilines is 1. The molecule has 2 N–H and O–H groups in total. The Labute approximate surface area is 124 Å². The van der Waals surface area contributed by atoms with Crippen molar-refractivity contribution in [3.63, 3.8) is 0 Å². The lowest BCUT2D eigenvalue weighted by Crippen LogP contribution is -2.37. The minimum Gasteiger partial charge on any atom is -0.481 e. The molecule has 1 aliphatic carbocycles. The van der Waals surface area contributed by atoms with Gasteiger partial charge in [-0.1, -0.05) is 28.8 Å². The fourth-order valence-corrected chi connectivity index (χ4v) is 3.10. The molecule has 1 saturated carbocycles. The molecule has 0 saturated heterocycles. The van der Waals surface area contributed by atoms with Gasteiger partial charge in [0, 0.05) is 16.1 Å². The smallest absolute Gasteiger partial charge is 0.305 e. The Morgan fingerprint density at radius 1 is 1.45 bits per heavy atom. The maximum absolute atomic E-state index is 11.1.